The van der Waals surface area contributed by atoms with Crippen LogP contribution in [0.25, 0.3) is 0 Å². The predicted octanol–water partition coefficient (Wildman–Crippen LogP) is 2.60. The number of carbonyl (C=O) groups is 1. The minimum absolute atomic E-state index is 0.0447. The topological polar surface area (TPSA) is 84.9 Å². The summed E-state index contributed by atoms with van der Waals surface area (Å²) in [6.07, 6.45) is 0.479. The highest BCUT2D eigenvalue weighted by atomic mass is 32.2. The Morgan fingerprint density at radius 2 is 1.72 bits per heavy atom. The van der Waals surface area contributed by atoms with E-state index in [1.54, 1.807) is 36.4 Å². The third-order valence-electron chi connectivity index (χ3n) is 3.27. The van der Waals surface area contributed by atoms with Gasteiger partial charge in [-0.05, 0) is 24.3 Å². The van der Waals surface area contributed by atoms with Crippen LogP contribution in [-0.2, 0) is 14.8 Å². The number of benzene rings is 2. The van der Waals surface area contributed by atoms with Gasteiger partial charge in [0.15, 0.2) is 5.75 Å². The van der Waals surface area contributed by atoms with Gasteiger partial charge in [-0.1, -0.05) is 30.3 Å². The molecular weight excluding hydrogens is 344 g/mol. The zero-order chi connectivity index (χ0) is 18.3. The number of amides is 1. The fourth-order valence-electron chi connectivity index (χ4n) is 2.16. The van der Waals surface area contributed by atoms with Crippen LogP contribution in [-0.4, -0.2) is 41.0 Å². The zero-order valence-corrected chi connectivity index (χ0v) is 14.8. The van der Waals surface area contributed by atoms with Crippen molar-refractivity contribution in [3.8, 4) is 11.5 Å². The molecule has 134 valence electrons. The maximum atomic E-state index is 12.2. The average Bonchev–Trinajstić information content (AvgIpc) is 2.59. The molecule has 0 aromatic heterocycles. The summed E-state index contributed by atoms with van der Waals surface area (Å²) in [7, 11) is -2.33. The van der Waals surface area contributed by atoms with Crippen molar-refractivity contribution in [3.05, 3.63) is 54.6 Å². The van der Waals surface area contributed by atoms with E-state index in [0.29, 0.717) is 17.2 Å². The van der Waals surface area contributed by atoms with E-state index in [2.05, 4.69) is 10.1 Å². The van der Waals surface area contributed by atoms with Gasteiger partial charge in [0.25, 0.3) is 0 Å². The third-order valence-corrected chi connectivity index (χ3v) is 4.45. The molecule has 2 rings (SSSR count). The molecule has 25 heavy (non-hydrogen) atoms. The number of anilines is 1. The molecule has 0 heterocycles. The summed E-state index contributed by atoms with van der Waals surface area (Å²) >= 11 is 0. The number of alkyl carbamates (subject to hydrolysis) is 1. The minimum Gasteiger partial charge on any atom is -0.455 e. The van der Waals surface area contributed by atoms with Crippen LogP contribution in [0.5, 0.6) is 11.5 Å². The van der Waals surface area contributed by atoms with Gasteiger partial charge in [-0.3, -0.25) is 4.31 Å². The number of ether oxygens (including phenoxy) is 2. The summed E-state index contributed by atoms with van der Waals surface area (Å²) in [5.74, 6) is 0.994. The molecule has 0 atom stereocenters. The fourth-order valence-corrected chi connectivity index (χ4v) is 3.09. The van der Waals surface area contributed by atoms with Crippen LogP contribution >= 0.6 is 0 Å². The maximum Gasteiger partial charge on any atom is 0.406 e. The second-order valence-electron chi connectivity index (χ2n) is 5.14. The molecule has 0 aliphatic carbocycles. The van der Waals surface area contributed by atoms with Crippen molar-refractivity contribution in [1.29, 1.82) is 0 Å². The number of hydrogen-bond donors (Lipinski definition) is 1. The van der Waals surface area contributed by atoms with Gasteiger partial charge in [0.2, 0.25) is 10.0 Å². The van der Waals surface area contributed by atoms with E-state index >= 15 is 0 Å². The van der Waals surface area contributed by atoms with Gasteiger partial charge in [0.1, 0.15) is 5.75 Å². The van der Waals surface area contributed by atoms with Crippen molar-refractivity contribution in [3.63, 3.8) is 0 Å². The Morgan fingerprint density at radius 1 is 1.08 bits per heavy atom. The number of nitrogens with zero attached hydrogens (tertiary/aromatic N) is 1. The highest BCUT2D eigenvalue weighted by Gasteiger charge is 2.21. The lowest BCUT2D eigenvalue weighted by Gasteiger charge is -2.24. The van der Waals surface area contributed by atoms with Crippen molar-refractivity contribution in [2.45, 2.75) is 0 Å². The largest absolute Gasteiger partial charge is 0.455 e. The van der Waals surface area contributed by atoms with E-state index in [4.69, 9.17) is 4.74 Å². The molecule has 0 aliphatic heterocycles. The van der Waals surface area contributed by atoms with Gasteiger partial charge in [-0.2, -0.15) is 0 Å². The number of sulfonamides is 1. The van der Waals surface area contributed by atoms with Crippen LogP contribution < -0.4 is 14.4 Å². The molecule has 1 amide bonds. The molecule has 0 bridgehead atoms. The van der Waals surface area contributed by atoms with Gasteiger partial charge >= 0.3 is 6.09 Å². The van der Waals surface area contributed by atoms with Crippen LogP contribution in [0.1, 0.15) is 0 Å². The first kappa shape index (κ1) is 18.6. The first-order valence-corrected chi connectivity index (χ1v) is 9.38. The molecule has 2 aromatic carbocycles. The van der Waals surface area contributed by atoms with E-state index in [-0.39, 0.29) is 13.1 Å². The fraction of sp³-hybridized carbons (Fsp3) is 0.235. The number of methoxy groups -OCH3 is 1. The summed E-state index contributed by atoms with van der Waals surface area (Å²) in [6, 6.07) is 15.9. The van der Waals surface area contributed by atoms with Crippen molar-refractivity contribution >= 4 is 21.8 Å². The van der Waals surface area contributed by atoms with Gasteiger partial charge in [0.05, 0.1) is 25.6 Å². The quantitative estimate of drug-likeness (QED) is 0.816. The predicted molar refractivity (Wildman–Crippen MR) is 95.6 cm³/mol. The molecule has 0 fully saturated rings. The van der Waals surface area contributed by atoms with Crippen LogP contribution in [0.3, 0.4) is 0 Å². The van der Waals surface area contributed by atoms with Crippen LogP contribution in [0.15, 0.2) is 54.6 Å². The molecule has 0 unspecified atom stereocenters. The van der Waals surface area contributed by atoms with E-state index in [1.807, 2.05) is 18.2 Å². The average molecular weight is 364 g/mol. The Hall–Kier alpha value is -2.74. The highest BCUT2D eigenvalue weighted by molar-refractivity contribution is 7.92. The maximum absolute atomic E-state index is 12.2. The van der Waals surface area contributed by atoms with Gasteiger partial charge in [0, 0.05) is 6.54 Å². The number of para-hydroxylation sites is 3. The molecule has 7 nitrogen and oxygen atoms in total. The van der Waals surface area contributed by atoms with Crippen molar-refractivity contribution in [1.82, 2.24) is 5.32 Å². The van der Waals surface area contributed by atoms with E-state index < -0.39 is 16.1 Å². The lowest BCUT2D eigenvalue weighted by molar-refractivity contribution is 0.171. The molecule has 8 heteroatoms. The summed E-state index contributed by atoms with van der Waals surface area (Å²) in [6.45, 7) is 0.141. The normalized spacial score (nSPS) is 10.8. The molecular formula is C17H20N2O5S. The van der Waals surface area contributed by atoms with Crippen LogP contribution in [0.2, 0.25) is 0 Å². The van der Waals surface area contributed by atoms with Gasteiger partial charge < -0.3 is 14.8 Å². The molecule has 0 saturated heterocycles. The molecule has 1 N–H and O–H groups in total. The monoisotopic (exact) mass is 364 g/mol. The standard InChI is InChI=1S/C17H20N2O5S/c1-23-17(20)18-12-13-19(25(2,21)22)15-10-6-7-11-16(15)24-14-8-4-3-5-9-14/h3-11H,12-13H2,1-2H3,(H,18,20). The first-order valence-electron chi connectivity index (χ1n) is 7.53. The van der Waals surface area contributed by atoms with E-state index in [0.717, 1.165) is 6.26 Å². The van der Waals surface area contributed by atoms with Gasteiger partial charge in [-0.25, -0.2) is 13.2 Å². The van der Waals surface area contributed by atoms with Crippen molar-refractivity contribution in [2.75, 3.05) is 30.8 Å². The van der Waals surface area contributed by atoms with Crippen LogP contribution in [0.4, 0.5) is 10.5 Å². The SMILES string of the molecule is COC(=O)NCCN(c1ccccc1Oc1ccccc1)S(C)(=O)=O. The number of nitrogens with one attached hydrogen (secondary N) is 1. The third kappa shape index (κ3) is 5.39. The lowest BCUT2D eigenvalue weighted by atomic mass is 10.3. The molecule has 2 aromatic rings. The molecule has 0 radical (unpaired) electrons. The second kappa shape index (κ2) is 8.39. The Labute approximate surface area is 147 Å². The second-order valence-corrected chi connectivity index (χ2v) is 7.04. The Balaban J connectivity index is 2.26. The van der Waals surface area contributed by atoms with Crippen molar-refractivity contribution < 1.29 is 22.7 Å². The van der Waals surface area contributed by atoms with Crippen LogP contribution in [0, 0.1) is 0 Å². The Kier molecular flexibility index (Phi) is 6.24. The van der Waals surface area contributed by atoms with E-state index in [1.165, 1.54) is 11.4 Å². The summed E-state index contributed by atoms with van der Waals surface area (Å²) in [5.41, 5.74) is 0.389. The number of rotatable bonds is 7. The van der Waals surface area contributed by atoms with Gasteiger partial charge in [-0.15, -0.1) is 0 Å². The first-order chi connectivity index (χ1) is 11.9. The minimum atomic E-state index is -3.58. The number of carbonyl (C=O) groups excluding carboxylic acids is 1. The Morgan fingerprint density at radius 3 is 2.36 bits per heavy atom. The number of hydrogen-bond acceptors (Lipinski definition) is 5. The van der Waals surface area contributed by atoms with Crippen molar-refractivity contribution in [2.24, 2.45) is 0 Å². The molecule has 0 saturated carbocycles. The van der Waals surface area contributed by atoms with E-state index in [9.17, 15) is 13.2 Å². The summed E-state index contributed by atoms with van der Waals surface area (Å²) < 4.78 is 35.9. The zero-order valence-electron chi connectivity index (χ0n) is 14.0. The highest BCUT2D eigenvalue weighted by Crippen LogP contribution is 2.33. The Bertz CT molecular complexity index is 809. The summed E-state index contributed by atoms with van der Waals surface area (Å²) in [4.78, 5) is 11.2. The molecule has 0 aliphatic rings. The molecule has 0 spiro atoms. The smallest absolute Gasteiger partial charge is 0.406 e. The lowest BCUT2D eigenvalue weighted by Crippen LogP contribution is -2.38. The summed E-state index contributed by atoms with van der Waals surface area (Å²) in [5, 5.41) is 2.47.